The quantitative estimate of drug-likeness (QED) is 0.121. The molecule has 0 saturated carbocycles. The number of rotatable bonds is 9. The van der Waals surface area contributed by atoms with E-state index in [1.807, 2.05) is 6.07 Å². The third kappa shape index (κ3) is 8.92. The Kier molecular flexibility index (Phi) is 10.9. The predicted molar refractivity (Wildman–Crippen MR) is 192 cm³/mol. The summed E-state index contributed by atoms with van der Waals surface area (Å²) in [6.45, 7) is 6.76. The Morgan fingerprint density at radius 2 is 1.79 bits per heavy atom. The number of hydrogen-bond donors (Lipinski definition) is 3. The zero-order valence-electron chi connectivity index (χ0n) is 26.4. The van der Waals surface area contributed by atoms with Crippen LogP contribution in [-0.4, -0.2) is 23.5 Å². The van der Waals surface area contributed by atoms with Crippen LogP contribution in [0.1, 0.15) is 59.1 Å². The van der Waals surface area contributed by atoms with Crippen molar-refractivity contribution < 1.29 is 14.4 Å². The number of fused-ring (bicyclic) bond motifs is 1. The maximum Gasteiger partial charge on any atom is 0.272 e. The summed E-state index contributed by atoms with van der Waals surface area (Å²) < 4.78 is 0. The average molecular weight is 683 g/mol. The van der Waals surface area contributed by atoms with Crippen LogP contribution in [0.4, 0.5) is 10.7 Å². The molecule has 4 aromatic rings. The molecule has 0 fully saturated rings. The van der Waals surface area contributed by atoms with Gasteiger partial charge in [0.2, 0.25) is 5.91 Å². The van der Waals surface area contributed by atoms with Crippen molar-refractivity contribution in [3.8, 4) is 6.07 Å². The second kappa shape index (κ2) is 15.0. The number of benzene rings is 3. The summed E-state index contributed by atoms with van der Waals surface area (Å²) in [5, 5.41) is 19.6. The van der Waals surface area contributed by atoms with Crippen molar-refractivity contribution in [1.29, 1.82) is 5.26 Å². The highest BCUT2D eigenvalue weighted by Crippen LogP contribution is 2.44. The number of nitrogens with zero attached hydrogens (tertiary/aromatic N) is 1. The van der Waals surface area contributed by atoms with Crippen LogP contribution in [0.5, 0.6) is 0 Å². The van der Waals surface area contributed by atoms with Crippen LogP contribution in [0.15, 0.2) is 89.5 Å². The van der Waals surface area contributed by atoms with E-state index in [1.54, 1.807) is 78.9 Å². The second-order valence-electron chi connectivity index (χ2n) is 12.4. The standard InChI is InChI=1S/C37H35ClN4O3S2/c1-37(2,3)25-15-16-29-30(21-39)36(47-32(29)19-25)42-33(43)22-46-28-14-8-13-27(20-28)40-35(45)31(18-23-9-7-12-26(38)17-23)41-34(44)24-10-5-4-6-11-24/h4-14,17-18,20,25H,15-16,19,22H2,1-3H3,(H,40,45)(H,41,44)(H,42,43)/b31-18-. The molecule has 47 heavy (non-hydrogen) atoms. The Bertz CT molecular complexity index is 1870. The molecular formula is C37H35ClN4O3S2. The van der Waals surface area contributed by atoms with E-state index in [4.69, 9.17) is 11.6 Å². The molecule has 0 bridgehead atoms. The predicted octanol–water partition coefficient (Wildman–Crippen LogP) is 8.56. The van der Waals surface area contributed by atoms with Gasteiger partial charge >= 0.3 is 0 Å². The fraction of sp³-hybridized carbons (Fsp3) is 0.243. The van der Waals surface area contributed by atoms with Crippen LogP contribution in [0, 0.1) is 22.7 Å². The van der Waals surface area contributed by atoms with E-state index in [0.29, 0.717) is 38.3 Å². The molecule has 1 heterocycles. The van der Waals surface area contributed by atoms with Gasteiger partial charge < -0.3 is 16.0 Å². The van der Waals surface area contributed by atoms with Gasteiger partial charge in [0, 0.05) is 26.0 Å². The lowest BCUT2D eigenvalue weighted by Crippen LogP contribution is -2.30. The van der Waals surface area contributed by atoms with E-state index < -0.39 is 11.8 Å². The summed E-state index contributed by atoms with van der Waals surface area (Å²) in [5.74, 6) is -0.487. The smallest absolute Gasteiger partial charge is 0.272 e. The van der Waals surface area contributed by atoms with Crippen molar-refractivity contribution >= 4 is 69.2 Å². The Balaban J connectivity index is 1.24. The molecule has 3 N–H and O–H groups in total. The van der Waals surface area contributed by atoms with Crippen molar-refractivity contribution in [2.24, 2.45) is 11.3 Å². The Morgan fingerprint density at radius 3 is 2.51 bits per heavy atom. The second-order valence-corrected chi connectivity index (χ2v) is 15.0. The van der Waals surface area contributed by atoms with E-state index in [9.17, 15) is 19.6 Å². The van der Waals surface area contributed by atoms with Crippen LogP contribution >= 0.6 is 34.7 Å². The molecule has 7 nitrogen and oxygen atoms in total. The minimum atomic E-state index is -0.520. The summed E-state index contributed by atoms with van der Waals surface area (Å²) in [7, 11) is 0. The van der Waals surface area contributed by atoms with Gasteiger partial charge in [-0.15, -0.1) is 23.1 Å². The molecule has 10 heteroatoms. The number of carbonyl (C=O) groups excluding carboxylic acids is 3. The first-order valence-electron chi connectivity index (χ1n) is 15.2. The van der Waals surface area contributed by atoms with Gasteiger partial charge in [-0.05, 0) is 90.3 Å². The van der Waals surface area contributed by atoms with Gasteiger partial charge in [0.05, 0.1) is 11.3 Å². The van der Waals surface area contributed by atoms with Crippen molar-refractivity contribution in [2.45, 2.75) is 44.9 Å². The molecule has 0 spiro atoms. The summed E-state index contributed by atoms with van der Waals surface area (Å²) in [6, 6.07) is 25.0. The third-order valence-corrected chi connectivity index (χ3v) is 10.4. The van der Waals surface area contributed by atoms with Crippen LogP contribution in [0.3, 0.4) is 0 Å². The lowest BCUT2D eigenvalue weighted by Gasteiger charge is -2.33. The number of thioether (sulfide) groups is 1. The van der Waals surface area contributed by atoms with E-state index in [-0.39, 0.29) is 22.8 Å². The fourth-order valence-electron chi connectivity index (χ4n) is 5.41. The largest absolute Gasteiger partial charge is 0.321 e. The maximum absolute atomic E-state index is 13.4. The summed E-state index contributed by atoms with van der Waals surface area (Å²) >= 11 is 8.99. The lowest BCUT2D eigenvalue weighted by molar-refractivity contribution is -0.114. The molecule has 5 rings (SSSR count). The summed E-state index contributed by atoms with van der Waals surface area (Å²) in [5.41, 5.74) is 3.44. The number of halogens is 1. The highest BCUT2D eigenvalue weighted by atomic mass is 35.5. The topological polar surface area (TPSA) is 111 Å². The molecule has 240 valence electrons. The van der Waals surface area contributed by atoms with Gasteiger partial charge in [-0.1, -0.05) is 68.8 Å². The van der Waals surface area contributed by atoms with Crippen molar-refractivity contribution in [2.75, 3.05) is 16.4 Å². The highest BCUT2D eigenvalue weighted by Gasteiger charge is 2.32. The van der Waals surface area contributed by atoms with Crippen molar-refractivity contribution in [3.63, 3.8) is 0 Å². The molecule has 1 aromatic heterocycles. The van der Waals surface area contributed by atoms with Gasteiger partial charge in [-0.25, -0.2) is 0 Å². The SMILES string of the molecule is CC(C)(C)C1CCc2c(sc(NC(=O)CSc3cccc(NC(=O)/C(=C/c4cccc(Cl)c4)NC(=O)c4ccccc4)c3)c2C#N)C1. The number of anilines is 2. The first-order valence-corrected chi connectivity index (χ1v) is 17.4. The molecule has 3 aromatic carbocycles. The number of carbonyl (C=O) groups is 3. The first-order chi connectivity index (χ1) is 22.5. The monoisotopic (exact) mass is 682 g/mol. The van der Waals surface area contributed by atoms with Crippen LogP contribution in [0.2, 0.25) is 5.02 Å². The Morgan fingerprint density at radius 1 is 1.02 bits per heavy atom. The third-order valence-electron chi connectivity index (χ3n) is 8.01. The lowest BCUT2D eigenvalue weighted by atomic mass is 9.72. The highest BCUT2D eigenvalue weighted by molar-refractivity contribution is 8.00. The van der Waals surface area contributed by atoms with Crippen LogP contribution < -0.4 is 16.0 Å². The van der Waals surface area contributed by atoms with Gasteiger partial charge in [-0.2, -0.15) is 5.26 Å². The zero-order chi connectivity index (χ0) is 33.6. The van der Waals surface area contributed by atoms with Gasteiger partial charge in [-0.3, -0.25) is 14.4 Å². The molecule has 0 saturated heterocycles. The van der Waals surface area contributed by atoms with Gasteiger partial charge in [0.25, 0.3) is 11.8 Å². The number of amides is 3. The van der Waals surface area contributed by atoms with E-state index in [0.717, 1.165) is 29.7 Å². The van der Waals surface area contributed by atoms with Crippen molar-refractivity contribution in [1.82, 2.24) is 5.32 Å². The summed E-state index contributed by atoms with van der Waals surface area (Å²) in [6.07, 6.45) is 4.38. The molecule has 1 aliphatic rings. The minimum absolute atomic E-state index is 0.0410. The average Bonchev–Trinajstić information content (AvgIpc) is 3.39. The van der Waals surface area contributed by atoms with E-state index in [2.05, 4.69) is 42.8 Å². The molecule has 3 amide bonds. The Hall–Kier alpha value is -4.36. The number of nitriles is 1. The molecule has 1 aliphatic carbocycles. The maximum atomic E-state index is 13.4. The number of thiophene rings is 1. The first kappa shape index (κ1) is 34.0. The van der Waals surface area contributed by atoms with Gasteiger partial charge in [0.1, 0.15) is 16.8 Å². The molecule has 1 atom stereocenters. The number of hydrogen-bond acceptors (Lipinski definition) is 6. The van der Waals surface area contributed by atoms with Crippen LogP contribution in [-0.2, 0) is 22.4 Å². The molecular weight excluding hydrogens is 648 g/mol. The zero-order valence-corrected chi connectivity index (χ0v) is 28.7. The molecule has 0 radical (unpaired) electrons. The fourth-order valence-corrected chi connectivity index (χ4v) is 7.66. The van der Waals surface area contributed by atoms with Crippen LogP contribution in [0.25, 0.3) is 6.08 Å². The Labute approximate surface area is 288 Å². The van der Waals surface area contributed by atoms with E-state index in [1.165, 1.54) is 28.0 Å². The van der Waals surface area contributed by atoms with Gasteiger partial charge in [0.15, 0.2) is 0 Å². The van der Waals surface area contributed by atoms with Crippen molar-refractivity contribution in [3.05, 3.63) is 117 Å². The summed E-state index contributed by atoms with van der Waals surface area (Å²) in [4.78, 5) is 41.3. The molecule has 0 aliphatic heterocycles. The minimum Gasteiger partial charge on any atom is -0.321 e. The van der Waals surface area contributed by atoms with E-state index >= 15 is 0 Å². The molecule has 1 unspecified atom stereocenters. The number of nitrogens with one attached hydrogen (secondary N) is 3. The normalized spacial score (nSPS) is 14.4.